The van der Waals surface area contributed by atoms with Crippen molar-refractivity contribution in [2.24, 2.45) is 0 Å². The molecule has 4 heteroatoms. The molecule has 8 aromatic rings. The van der Waals surface area contributed by atoms with Crippen molar-refractivity contribution in [3.05, 3.63) is 132 Å². The molecule has 0 unspecified atom stereocenters. The second kappa shape index (κ2) is 8.42. The van der Waals surface area contributed by atoms with Gasteiger partial charge >= 0.3 is 0 Å². The fourth-order valence-corrected chi connectivity index (χ4v) is 6.41. The lowest BCUT2D eigenvalue weighted by molar-refractivity contribution is 1.12. The van der Waals surface area contributed by atoms with E-state index in [1.807, 2.05) is 36.4 Å². The van der Waals surface area contributed by atoms with Crippen molar-refractivity contribution in [1.29, 1.82) is 10.7 Å². The minimum absolute atomic E-state index is 0.527. The summed E-state index contributed by atoms with van der Waals surface area (Å²) in [4.78, 5) is 0. The predicted octanol–water partition coefficient (Wildman–Crippen LogP) is 8.90. The highest BCUT2D eigenvalue weighted by molar-refractivity contribution is 6.19. The molecule has 0 aliphatic rings. The first-order chi connectivity index (χ1) is 19.8. The Morgan fingerprint density at radius 2 is 1.10 bits per heavy atom. The molecule has 0 fully saturated rings. The highest BCUT2D eigenvalue weighted by atomic mass is 15.0. The average molecular weight is 511 g/mol. The molecule has 4 nitrogen and oxygen atoms in total. The molecule has 0 atom stereocenters. The van der Waals surface area contributed by atoms with Crippen molar-refractivity contribution in [3.63, 3.8) is 0 Å². The molecule has 40 heavy (non-hydrogen) atoms. The van der Waals surface area contributed by atoms with Gasteiger partial charge in [-0.3, -0.25) is 0 Å². The van der Waals surface area contributed by atoms with Crippen LogP contribution < -0.4 is 0 Å². The molecule has 8 rings (SSSR count). The number of nitriles is 1. The first-order valence-electron chi connectivity index (χ1n) is 13.3. The highest BCUT2D eigenvalue weighted by Crippen LogP contribution is 2.40. The van der Waals surface area contributed by atoms with Gasteiger partial charge in [-0.2, -0.15) is 5.26 Å². The van der Waals surface area contributed by atoms with Crippen LogP contribution in [-0.2, 0) is 0 Å². The summed E-state index contributed by atoms with van der Waals surface area (Å²) < 4.78 is 4.42. The zero-order chi connectivity index (χ0) is 26.8. The summed E-state index contributed by atoms with van der Waals surface area (Å²) in [6, 6.07) is 44.1. The SMILES string of the molecule is N#Cc1ccc(-n2c3ccccc3c3ccc4ccccc4c32)c(C=N)c1-n1c2ccccc2c2ccccc21. The van der Waals surface area contributed by atoms with E-state index >= 15 is 0 Å². The lowest BCUT2D eigenvalue weighted by Crippen LogP contribution is -2.08. The number of para-hydroxylation sites is 3. The Labute approximate surface area is 230 Å². The average Bonchev–Trinajstić information content (AvgIpc) is 3.53. The molecule has 1 N–H and O–H groups in total. The second-order valence-electron chi connectivity index (χ2n) is 10.1. The molecule has 0 saturated heterocycles. The van der Waals surface area contributed by atoms with Crippen LogP contribution in [0.4, 0.5) is 0 Å². The minimum Gasteiger partial charge on any atom is -0.308 e. The third-order valence-electron chi connectivity index (χ3n) is 8.06. The summed E-state index contributed by atoms with van der Waals surface area (Å²) in [6.45, 7) is 0. The quantitative estimate of drug-likeness (QED) is 0.237. The Hall–Kier alpha value is -5.66. The van der Waals surface area contributed by atoms with Gasteiger partial charge in [-0.15, -0.1) is 0 Å². The molecule has 0 saturated carbocycles. The van der Waals surface area contributed by atoms with Gasteiger partial charge in [0.25, 0.3) is 0 Å². The summed E-state index contributed by atoms with van der Waals surface area (Å²) in [5.41, 5.74) is 6.99. The molecule has 0 bridgehead atoms. The van der Waals surface area contributed by atoms with Crippen molar-refractivity contribution in [1.82, 2.24) is 9.13 Å². The van der Waals surface area contributed by atoms with Crippen molar-refractivity contribution < 1.29 is 0 Å². The number of nitrogens with zero attached hydrogens (tertiary/aromatic N) is 3. The molecule has 2 heterocycles. The number of fused-ring (bicyclic) bond motifs is 8. The monoisotopic (exact) mass is 510 g/mol. The summed E-state index contributed by atoms with van der Waals surface area (Å²) in [5, 5.41) is 25.9. The van der Waals surface area contributed by atoms with Crippen LogP contribution in [0.25, 0.3) is 65.8 Å². The molecular weight excluding hydrogens is 488 g/mol. The molecule has 0 amide bonds. The maximum absolute atomic E-state index is 10.3. The van der Waals surface area contributed by atoms with Crippen molar-refractivity contribution in [2.75, 3.05) is 0 Å². The second-order valence-corrected chi connectivity index (χ2v) is 10.1. The van der Waals surface area contributed by atoms with Gasteiger partial charge in [0, 0.05) is 38.7 Å². The Morgan fingerprint density at radius 3 is 1.73 bits per heavy atom. The van der Waals surface area contributed by atoms with Crippen LogP contribution in [0.1, 0.15) is 11.1 Å². The van der Waals surface area contributed by atoms with E-state index in [0.717, 1.165) is 65.8 Å². The summed E-state index contributed by atoms with van der Waals surface area (Å²) in [6.07, 6.45) is 1.40. The van der Waals surface area contributed by atoms with E-state index in [2.05, 4.69) is 100 Å². The zero-order valence-electron chi connectivity index (χ0n) is 21.5. The molecule has 2 aromatic heterocycles. The normalized spacial score (nSPS) is 11.6. The van der Waals surface area contributed by atoms with E-state index in [0.29, 0.717) is 11.1 Å². The Morgan fingerprint density at radius 1 is 0.550 bits per heavy atom. The van der Waals surface area contributed by atoms with E-state index in [9.17, 15) is 5.26 Å². The minimum atomic E-state index is 0.527. The van der Waals surface area contributed by atoms with Gasteiger partial charge in [0.1, 0.15) is 6.07 Å². The predicted molar refractivity (Wildman–Crippen MR) is 165 cm³/mol. The standard InChI is InChI=1S/C36H22N4/c37-21-24-18-20-34(30(22-38)35(24)39-31-14-6-3-11-26(31)27-12-4-7-15-32(27)39)40-33-16-8-5-13-28(33)29-19-17-23-9-1-2-10-25(23)36(29)40/h1-20,22,38H. The van der Waals surface area contributed by atoms with Crippen molar-refractivity contribution >= 4 is 60.6 Å². The van der Waals surface area contributed by atoms with Gasteiger partial charge in [-0.1, -0.05) is 91.0 Å². The van der Waals surface area contributed by atoms with E-state index in [1.165, 1.54) is 6.21 Å². The van der Waals surface area contributed by atoms with Crippen LogP contribution in [0, 0.1) is 16.7 Å². The van der Waals surface area contributed by atoms with Crippen LogP contribution in [0.15, 0.2) is 121 Å². The number of nitrogens with one attached hydrogen (secondary N) is 1. The van der Waals surface area contributed by atoms with Gasteiger partial charge in [0.05, 0.1) is 39.0 Å². The molecule has 186 valence electrons. The first kappa shape index (κ1) is 22.3. The van der Waals surface area contributed by atoms with Gasteiger partial charge in [-0.25, -0.2) is 0 Å². The van der Waals surface area contributed by atoms with Gasteiger partial charge in [-0.05, 0) is 35.7 Å². The van der Waals surface area contributed by atoms with Gasteiger partial charge in [0.15, 0.2) is 0 Å². The summed E-state index contributed by atoms with van der Waals surface area (Å²) in [7, 11) is 0. The molecule has 0 aliphatic heterocycles. The Balaban J connectivity index is 1.59. The van der Waals surface area contributed by atoms with Crippen LogP contribution in [0.2, 0.25) is 0 Å². The molecule has 0 radical (unpaired) electrons. The van der Waals surface area contributed by atoms with E-state index in [1.54, 1.807) is 0 Å². The molecule has 6 aromatic carbocycles. The maximum Gasteiger partial charge on any atom is 0.101 e. The molecule has 0 spiro atoms. The molecule has 0 aliphatic carbocycles. The first-order valence-corrected chi connectivity index (χ1v) is 13.3. The van der Waals surface area contributed by atoms with Crippen molar-refractivity contribution in [3.8, 4) is 17.4 Å². The van der Waals surface area contributed by atoms with Crippen LogP contribution >= 0.6 is 0 Å². The fraction of sp³-hybridized carbons (Fsp3) is 0. The summed E-state index contributed by atoms with van der Waals surface area (Å²) >= 11 is 0. The number of benzene rings is 6. The Kier molecular flexibility index (Phi) is 4.70. The zero-order valence-corrected chi connectivity index (χ0v) is 21.5. The number of rotatable bonds is 3. The van der Waals surface area contributed by atoms with E-state index in [-0.39, 0.29) is 0 Å². The van der Waals surface area contributed by atoms with Crippen LogP contribution in [-0.4, -0.2) is 15.3 Å². The van der Waals surface area contributed by atoms with Crippen LogP contribution in [0.3, 0.4) is 0 Å². The van der Waals surface area contributed by atoms with Crippen molar-refractivity contribution in [2.45, 2.75) is 0 Å². The third-order valence-corrected chi connectivity index (χ3v) is 8.06. The van der Waals surface area contributed by atoms with Gasteiger partial charge < -0.3 is 14.5 Å². The van der Waals surface area contributed by atoms with Crippen LogP contribution in [0.5, 0.6) is 0 Å². The third kappa shape index (κ3) is 2.92. The highest BCUT2D eigenvalue weighted by Gasteiger charge is 2.22. The largest absolute Gasteiger partial charge is 0.308 e. The fourth-order valence-electron chi connectivity index (χ4n) is 6.41. The lowest BCUT2D eigenvalue weighted by Gasteiger charge is -2.19. The molecular formula is C36H22N4. The van der Waals surface area contributed by atoms with E-state index < -0.39 is 0 Å². The number of aromatic nitrogens is 2. The van der Waals surface area contributed by atoms with E-state index in [4.69, 9.17) is 5.41 Å². The van der Waals surface area contributed by atoms with Gasteiger partial charge in [0.2, 0.25) is 0 Å². The lowest BCUT2D eigenvalue weighted by atomic mass is 10.0. The Bertz CT molecular complexity index is 2310. The topological polar surface area (TPSA) is 57.5 Å². The number of hydrogen-bond acceptors (Lipinski definition) is 2. The maximum atomic E-state index is 10.3. The smallest absolute Gasteiger partial charge is 0.101 e. The summed E-state index contributed by atoms with van der Waals surface area (Å²) in [5.74, 6) is 0. The number of hydrogen-bond donors (Lipinski definition) is 1.